The molecule has 1 N–H and O–H groups in total. The van der Waals surface area contributed by atoms with Gasteiger partial charge in [0.1, 0.15) is 0 Å². The van der Waals surface area contributed by atoms with Crippen LogP contribution < -0.4 is 5.32 Å². The van der Waals surface area contributed by atoms with Crippen LogP contribution in [0.3, 0.4) is 0 Å². The van der Waals surface area contributed by atoms with Crippen LogP contribution in [0.1, 0.15) is 30.5 Å². The molecule has 28 heavy (non-hydrogen) atoms. The zero-order chi connectivity index (χ0) is 19.7. The zero-order valence-electron chi connectivity index (χ0n) is 16.5. The van der Waals surface area contributed by atoms with Gasteiger partial charge in [-0.05, 0) is 46.0 Å². The van der Waals surface area contributed by atoms with Crippen LogP contribution in [0.4, 0.5) is 5.69 Å². The molecule has 3 aromatic rings. The summed E-state index contributed by atoms with van der Waals surface area (Å²) in [6.07, 6.45) is 3.74. The lowest BCUT2D eigenvalue weighted by Gasteiger charge is -2.22. The molecule has 1 aliphatic carbocycles. The highest BCUT2D eigenvalue weighted by Gasteiger charge is 2.35. The first-order chi connectivity index (χ1) is 13.6. The van der Waals surface area contributed by atoms with Gasteiger partial charge in [0, 0.05) is 22.4 Å². The van der Waals surface area contributed by atoms with Crippen LogP contribution in [0.5, 0.6) is 0 Å². The molecule has 0 saturated carbocycles. The SMILES string of the molecule is C=C/C(Nc1ccc2c(c1)C(C)(C)c1ccccc1-2)=C(\C=C)c1ccccc1. The van der Waals surface area contributed by atoms with Gasteiger partial charge in [0.25, 0.3) is 0 Å². The first-order valence-corrected chi connectivity index (χ1v) is 9.62. The number of anilines is 1. The van der Waals surface area contributed by atoms with E-state index in [1.165, 1.54) is 22.3 Å². The second-order valence-corrected chi connectivity index (χ2v) is 7.66. The van der Waals surface area contributed by atoms with E-state index < -0.39 is 0 Å². The quantitative estimate of drug-likeness (QED) is 0.473. The van der Waals surface area contributed by atoms with Crippen LogP contribution in [0.2, 0.25) is 0 Å². The monoisotopic (exact) mass is 363 g/mol. The van der Waals surface area contributed by atoms with Crippen LogP contribution in [0.25, 0.3) is 16.7 Å². The molecule has 0 atom stereocenters. The van der Waals surface area contributed by atoms with Crippen molar-refractivity contribution in [3.63, 3.8) is 0 Å². The molecule has 3 aromatic carbocycles. The van der Waals surface area contributed by atoms with Crippen LogP contribution in [-0.4, -0.2) is 0 Å². The first kappa shape index (κ1) is 18.1. The molecule has 0 heterocycles. The summed E-state index contributed by atoms with van der Waals surface area (Å²) in [6.45, 7) is 12.6. The highest BCUT2D eigenvalue weighted by atomic mass is 14.9. The van der Waals surface area contributed by atoms with Crippen molar-refractivity contribution in [1.29, 1.82) is 0 Å². The number of hydrogen-bond acceptors (Lipinski definition) is 1. The van der Waals surface area contributed by atoms with Crippen molar-refractivity contribution in [1.82, 2.24) is 0 Å². The summed E-state index contributed by atoms with van der Waals surface area (Å²) in [5.74, 6) is 0. The Balaban J connectivity index is 1.76. The van der Waals surface area contributed by atoms with E-state index in [0.717, 1.165) is 22.5 Å². The Kier molecular flexibility index (Phi) is 4.52. The highest BCUT2D eigenvalue weighted by molar-refractivity contribution is 5.84. The van der Waals surface area contributed by atoms with Crippen LogP contribution in [0.15, 0.2) is 104 Å². The second kappa shape index (κ2) is 7.01. The molecule has 0 bridgehead atoms. The first-order valence-electron chi connectivity index (χ1n) is 9.62. The minimum atomic E-state index is -0.0115. The molecule has 1 nitrogen and oxygen atoms in total. The van der Waals surface area contributed by atoms with E-state index in [1.54, 1.807) is 0 Å². The summed E-state index contributed by atoms with van der Waals surface area (Å²) in [7, 11) is 0. The minimum Gasteiger partial charge on any atom is -0.355 e. The third kappa shape index (κ3) is 2.90. The van der Waals surface area contributed by atoms with E-state index in [2.05, 4.69) is 86.9 Å². The number of benzene rings is 3. The van der Waals surface area contributed by atoms with Gasteiger partial charge in [-0.3, -0.25) is 0 Å². The maximum absolute atomic E-state index is 4.02. The molecule has 4 rings (SSSR count). The predicted octanol–water partition coefficient (Wildman–Crippen LogP) is 7.19. The van der Waals surface area contributed by atoms with E-state index in [1.807, 2.05) is 30.4 Å². The number of rotatable bonds is 5. The topological polar surface area (TPSA) is 12.0 Å². The van der Waals surface area contributed by atoms with Gasteiger partial charge in [-0.15, -0.1) is 0 Å². The fourth-order valence-corrected chi connectivity index (χ4v) is 4.17. The van der Waals surface area contributed by atoms with Crippen molar-refractivity contribution in [2.45, 2.75) is 19.3 Å². The Bertz CT molecular complexity index is 1080. The summed E-state index contributed by atoms with van der Waals surface area (Å²) < 4.78 is 0. The average Bonchev–Trinajstić information content (AvgIpc) is 2.96. The summed E-state index contributed by atoms with van der Waals surface area (Å²) in [5, 5.41) is 3.56. The largest absolute Gasteiger partial charge is 0.355 e. The van der Waals surface area contributed by atoms with Gasteiger partial charge in [0.2, 0.25) is 0 Å². The van der Waals surface area contributed by atoms with Crippen molar-refractivity contribution in [2.75, 3.05) is 5.32 Å². The third-order valence-corrected chi connectivity index (χ3v) is 5.65. The molecular formula is C27H25N. The van der Waals surface area contributed by atoms with Crippen LogP contribution in [-0.2, 0) is 5.41 Å². The molecule has 0 unspecified atom stereocenters. The van der Waals surface area contributed by atoms with Crippen molar-refractivity contribution in [3.05, 3.63) is 120 Å². The lowest BCUT2D eigenvalue weighted by Crippen LogP contribution is -2.15. The lowest BCUT2D eigenvalue weighted by atomic mass is 9.82. The van der Waals surface area contributed by atoms with Crippen LogP contribution >= 0.6 is 0 Å². The summed E-state index contributed by atoms with van der Waals surface area (Å²) >= 11 is 0. The van der Waals surface area contributed by atoms with E-state index >= 15 is 0 Å². The fourth-order valence-electron chi connectivity index (χ4n) is 4.17. The Morgan fingerprint density at radius 3 is 2.18 bits per heavy atom. The lowest BCUT2D eigenvalue weighted by molar-refractivity contribution is 0.660. The number of allylic oxidation sites excluding steroid dienone is 3. The smallest absolute Gasteiger partial charge is 0.0457 e. The molecule has 0 fully saturated rings. The molecule has 0 spiro atoms. The summed E-state index contributed by atoms with van der Waals surface area (Å²) in [4.78, 5) is 0. The predicted molar refractivity (Wildman–Crippen MR) is 121 cm³/mol. The van der Waals surface area contributed by atoms with Gasteiger partial charge < -0.3 is 5.32 Å². The van der Waals surface area contributed by atoms with Gasteiger partial charge in [-0.25, -0.2) is 0 Å². The van der Waals surface area contributed by atoms with Gasteiger partial charge in [-0.2, -0.15) is 0 Å². The molecule has 0 aliphatic heterocycles. The van der Waals surface area contributed by atoms with E-state index in [0.29, 0.717) is 0 Å². The van der Waals surface area contributed by atoms with Gasteiger partial charge >= 0.3 is 0 Å². The number of hydrogen-bond donors (Lipinski definition) is 1. The third-order valence-electron chi connectivity index (χ3n) is 5.65. The molecule has 0 radical (unpaired) electrons. The van der Waals surface area contributed by atoms with Crippen LogP contribution in [0, 0.1) is 0 Å². The normalized spacial score (nSPS) is 14.5. The molecule has 138 valence electrons. The fraction of sp³-hybridized carbons (Fsp3) is 0.111. The van der Waals surface area contributed by atoms with E-state index in [-0.39, 0.29) is 5.41 Å². The maximum Gasteiger partial charge on any atom is 0.0457 e. The molecule has 0 aromatic heterocycles. The summed E-state index contributed by atoms with van der Waals surface area (Å²) in [5.41, 5.74) is 9.56. The number of nitrogens with one attached hydrogen (secondary N) is 1. The molecule has 0 amide bonds. The Morgan fingerprint density at radius 1 is 0.786 bits per heavy atom. The second-order valence-electron chi connectivity index (χ2n) is 7.66. The Labute approximate surface area is 167 Å². The van der Waals surface area contributed by atoms with Crippen molar-refractivity contribution < 1.29 is 0 Å². The van der Waals surface area contributed by atoms with Gasteiger partial charge in [-0.1, -0.05) is 93.7 Å². The molecule has 1 aliphatic rings. The zero-order valence-corrected chi connectivity index (χ0v) is 16.5. The standard InChI is InChI=1S/C27H25N/c1-5-21(19-12-8-7-9-13-19)26(6-2)28-20-16-17-23-22-14-10-11-15-24(22)27(3,4)25(23)18-20/h5-18,28H,1-2H2,3-4H3/b26-21-. The molecule has 0 saturated heterocycles. The van der Waals surface area contributed by atoms with Gasteiger partial charge in [0.05, 0.1) is 0 Å². The number of fused-ring (bicyclic) bond motifs is 3. The van der Waals surface area contributed by atoms with E-state index in [4.69, 9.17) is 0 Å². The Hall–Kier alpha value is -3.32. The molecular weight excluding hydrogens is 338 g/mol. The Morgan fingerprint density at radius 2 is 1.46 bits per heavy atom. The minimum absolute atomic E-state index is 0.0115. The maximum atomic E-state index is 4.02. The summed E-state index contributed by atoms with van der Waals surface area (Å²) in [6, 6.07) is 25.6. The van der Waals surface area contributed by atoms with Crippen molar-refractivity contribution in [3.8, 4) is 11.1 Å². The highest BCUT2D eigenvalue weighted by Crippen LogP contribution is 2.49. The van der Waals surface area contributed by atoms with Gasteiger partial charge in [0.15, 0.2) is 0 Å². The van der Waals surface area contributed by atoms with Crippen molar-refractivity contribution in [2.24, 2.45) is 0 Å². The van der Waals surface area contributed by atoms with E-state index in [9.17, 15) is 0 Å². The van der Waals surface area contributed by atoms with Crippen molar-refractivity contribution >= 4 is 11.3 Å². The molecule has 1 heteroatoms. The average molecular weight is 364 g/mol.